The summed E-state index contributed by atoms with van der Waals surface area (Å²) >= 11 is 0. The van der Waals surface area contributed by atoms with E-state index in [9.17, 15) is 4.79 Å². The van der Waals surface area contributed by atoms with Gasteiger partial charge in [0.15, 0.2) is 0 Å². The van der Waals surface area contributed by atoms with Crippen LogP contribution < -0.4 is 5.32 Å². The van der Waals surface area contributed by atoms with Gasteiger partial charge < -0.3 is 10.2 Å². The number of benzene rings is 2. The summed E-state index contributed by atoms with van der Waals surface area (Å²) in [4.78, 5) is 20.9. The van der Waals surface area contributed by atoms with Crippen LogP contribution in [0.3, 0.4) is 0 Å². The lowest BCUT2D eigenvalue weighted by atomic mass is 9.96. The molecule has 3 aromatic rings. The summed E-state index contributed by atoms with van der Waals surface area (Å²) in [5.74, 6) is 0. The Morgan fingerprint density at radius 2 is 1.32 bits per heavy atom. The fourth-order valence-corrected chi connectivity index (χ4v) is 3.71. The number of hydrogen-bond donors (Lipinski definition) is 1. The normalized spacial score (nSPS) is 14.8. The van der Waals surface area contributed by atoms with Crippen molar-refractivity contribution in [2.45, 2.75) is 6.04 Å². The van der Waals surface area contributed by atoms with Crippen molar-refractivity contribution in [1.82, 2.24) is 14.8 Å². The van der Waals surface area contributed by atoms with Gasteiger partial charge in [0, 0.05) is 44.3 Å². The molecule has 0 aliphatic carbocycles. The minimum absolute atomic E-state index is 0.0539. The van der Waals surface area contributed by atoms with Gasteiger partial charge in [-0.05, 0) is 23.3 Å². The van der Waals surface area contributed by atoms with Crippen molar-refractivity contribution in [2.24, 2.45) is 0 Å². The highest BCUT2D eigenvalue weighted by Gasteiger charge is 2.28. The molecule has 142 valence electrons. The van der Waals surface area contributed by atoms with Crippen LogP contribution in [-0.4, -0.2) is 47.0 Å². The molecule has 1 saturated heterocycles. The second-order valence-corrected chi connectivity index (χ2v) is 6.91. The predicted octanol–water partition coefficient (Wildman–Crippen LogP) is 4.02. The SMILES string of the molecule is O=C(Nc1ccncc1)N1CCN(C(c2ccccc2)c2ccccc2)CC1. The number of nitrogens with one attached hydrogen (secondary N) is 1. The van der Waals surface area contributed by atoms with Gasteiger partial charge in [-0.1, -0.05) is 60.7 Å². The molecule has 0 atom stereocenters. The van der Waals surface area contributed by atoms with Gasteiger partial charge in [0.1, 0.15) is 0 Å². The van der Waals surface area contributed by atoms with E-state index < -0.39 is 0 Å². The van der Waals surface area contributed by atoms with E-state index in [1.165, 1.54) is 11.1 Å². The molecular formula is C23H24N4O. The van der Waals surface area contributed by atoms with Gasteiger partial charge in [-0.25, -0.2) is 4.79 Å². The molecular weight excluding hydrogens is 348 g/mol. The lowest BCUT2D eigenvalue weighted by molar-refractivity contribution is 0.126. The zero-order chi connectivity index (χ0) is 19.2. The number of rotatable bonds is 4. The molecule has 5 heteroatoms. The van der Waals surface area contributed by atoms with Crippen LogP contribution in [-0.2, 0) is 0 Å². The molecule has 5 nitrogen and oxygen atoms in total. The third-order valence-corrected chi connectivity index (χ3v) is 5.13. The summed E-state index contributed by atoms with van der Waals surface area (Å²) in [5, 5.41) is 2.95. The Hall–Kier alpha value is -3.18. The zero-order valence-electron chi connectivity index (χ0n) is 15.7. The molecule has 0 bridgehead atoms. The van der Waals surface area contributed by atoms with E-state index in [1.54, 1.807) is 24.5 Å². The number of aromatic nitrogens is 1. The van der Waals surface area contributed by atoms with E-state index in [1.807, 2.05) is 17.0 Å². The highest BCUT2D eigenvalue weighted by atomic mass is 16.2. The average molecular weight is 372 g/mol. The van der Waals surface area contributed by atoms with E-state index in [-0.39, 0.29) is 12.1 Å². The summed E-state index contributed by atoms with van der Waals surface area (Å²) in [7, 11) is 0. The Kier molecular flexibility index (Phi) is 5.64. The average Bonchev–Trinajstić information content (AvgIpc) is 2.77. The Morgan fingerprint density at radius 1 is 0.786 bits per heavy atom. The van der Waals surface area contributed by atoms with E-state index in [0.29, 0.717) is 13.1 Å². The standard InChI is InChI=1S/C23H24N4O/c28-23(25-21-11-13-24-14-12-21)27-17-15-26(16-18-27)22(19-7-3-1-4-8-19)20-9-5-2-6-10-20/h1-14,22H,15-18H2,(H,24,25,28). The molecule has 1 N–H and O–H groups in total. The maximum absolute atomic E-state index is 12.6. The van der Waals surface area contributed by atoms with Crippen LogP contribution >= 0.6 is 0 Å². The van der Waals surface area contributed by atoms with Crippen molar-refractivity contribution in [3.05, 3.63) is 96.3 Å². The number of hydrogen-bond acceptors (Lipinski definition) is 3. The Morgan fingerprint density at radius 3 is 1.86 bits per heavy atom. The Bertz CT molecular complexity index is 839. The summed E-state index contributed by atoms with van der Waals surface area (Å²) in [5.41, 5.74) is 3.33. The van der Waals surface area contributed by atoms with Crippen molar-refractivity contribution < 1.29 is 4.79 Å². The van der Waals surface area contributed by atoms with Crippen molar-refractivity contribution in [3.63, 3.8) is 0 Å². The molecule has 2 aromatic carbocycles. The largest absolute Gasteiger partial charge is 0.322 e. The Balaban J connectivity index is 1.45. The first-order valence-corrected chi connectivity index (χ1v) is 9.61. The van der Waals surface area contributed by atoms with Crippen molar-refractivity contribution in [1.29, 1.82) is 0 Å². The van der Waals surface area contributed by atoms with Crippen LogP contribution in [0.5, 0.6) is 0 Å². The van der Waals surface area contributed by atoms with Crippen LogP contribution in [0, 0.1) is 0 Å². The summed E-state index contributed by atoms with van der Waals surface area (Å²) in [6.07, 6.45) is 3.36. The van der Waals surface area contributed by atoms with Crippen molar-refractivity contribution in [2.75, 3.05) is 31.5 Å². The number of carbonyl (C=O) groups excluding carboxylic acids is 1. The maximum Gasteiger partial charge on any atom is 0.321 e. The lowest BCUT2D eigenvalue weighted by Gasteiger charge is -2.39. The van der Waals surface area contributed by atoms with Crippen molar-refractivity contribution in [3.8, 4) is 0 Å². The number of pyridine rings is 1. The predicted molar refractivity (Wildman–Crippen MR) is 111 cm³/mol. The van der Waals surface area contributed by atoms with Gasteiger partial charge in [0.25, 0.3) is 0 Å². The second kappa shape index (κ2) is 8.67. The molecule has 1 fully saturated rings. The van der Waals surface area contributed by atoms with Crippen LogP contribution in [0.15, 0.2) is 85.2 Å². The van der Waals surface area contributed by atoms with Crippen molar-refractivity contribution >= 4 is 11.7 Å². The number of amides is 2. The van der Waals surface area contributed by atoms with Gasteiger partial charge in [0.2, 0.25) is 0 Å². The van der Waals surface area contributed by atoms with Crippen LogP contribution in [0.25, 0.3) is 0 Å². The van der Waals surface area contributed by atoms with Crippen LogP contribution in [0.1, 0.15) is 17.2 Å². The summed E-state index contributed by atoms with van der Waals surface area (Å²) in [6, 6.07) is 24.9. The minimum atomic E-state index is -0.0539. The van der Waals surface area contributed by atoms with Gasteiger partial charge in [-0.3, -0.25) is 9.88 Å². The fraction of sp³-hybridized carbons (Fsp3) is 0.217. The number of anilines is 1. The van der Waals surface area contributed by atoms with E-state index >= 15 is 0 Å². The first kappa shape index (κ1) is 18.2. The van der Waals surface area contributed by atoms with Gasteiger partial charge in [-0.15, -0.1) is 0 Å². The molecule has 1 aromatic heterocycles. The number of urea groups is 1. The molecule has 0 unspecified atom stereocenters. The fourth-order valence-electron chi connectivity index (χ4n) is 3.71. The molecule has 28 heavy (non-hydrogen) atoms. The minimum Gasteiger partial charge on any atom is -0.322 e. The zero-order valence-corrected chi connectivity index (χ0v) is 15.7. The van der Waals surface area contributed by atoms with E-state index in [0.717, 1.165) is 18.8 Å². The molecule has 0 saturated carbocycles. The molecule has 1 aliphatic rings. The number of carbonyl (C=O) groups is 1. The molecule has 2 amide bonds. The lowest BCUT2D eigenvalue weighted by Crippen LogP contribution is -2.51. The molecule has 4 rings (SSSR count). The third kappa shape index (κ3) is 4.21. The summed E-state index contributed by atoms with van der Waals surface area (Å²) in [6.45, 7) is 3.07. The maximum atomic E-state index is 12.6. The number of piperazine rings is 1. The van der Waals surface area contributed by atoms with Gasteiger partial charge in [0.05, 0.1) is 6.04 Å². The first-order valence-electron chi connectivity index (χ1n) is 9.61. The third-order valence-electron chi connectivity index (χ3n) is 5.13. The van der Waals surface area contributed by atoms with Crippen LogP contribution in [0.2, 0.25) is 0 Å². The summed E-state index contributed by atoms with van der Waals surface area (Å²) < 4.78 is 0. The first-order chi connectivity index (χ1) is 13.8. The molecule has 0 spiro atoms. The van der Waals surface area contributed by atoms with Crippen LogP contribution in [0.4, 0.5) is 10.5 Å². The second-order valence-electron chi connectivity index (χ2n) is 6.91. The quantitative estimate of drug-likeness (QED) is 0.752. The highest BCUT2D eigenvalue weighted by Crippen LogP contribution is 2.29. The van der Waals surface area contributed by atoms with Gasteiger partial charge >= 0.3 is 6.03 Å². The monoisotopic (exact) mass is 372 g/mol. The van der Waals surface area contributed by atoms with E-state index in [4.69, 9.17) is 0 Å². The molecule has 1 aliphatic heterocycles. The smallest absolute Gasteiger partial charge is 0.321 e. The Labute approximate surface area is 165 Å². The van der Waals surface area contributed by atoms with E-state index in [2.05, 4.69) is 63.7 Å². The molecule has 0 radical (unpaired) electrons. The number of nitrogens with zero attached hydrogens (tertiary/aromatic N) is 3. The topological polar surface area (TPSA) is 48.5 Å². The highest BCUT2D eigenvalue weighted by molar-refractivity contribution is 5.89. The van der Waals surface area contributed by atoms with Gasteiger partial charge in [-0.2, -0.15) is 0 Å². The molecule has 2 heterocycles.